The molecular weight excluding hydrogens is 374 g/mol. The third-order valence-electron chi connectivity index (χ3n) is 5.75. The number of carbonyl (C=O) groups is 1. The maximum Gasteiger partial charge on any atom is 0.168 e. The van der Waals surface area contributed by atoms with Crippen molar-refractivity contribution < 1.29 is 4.79 Å². The molecule has 1 aliphatic heterocycles. The molecule has 0 saturated heterocycles. The second kappa shape index (κ2) is 7.46. The molecule has 0 N–H and O–H groups in total. The predicted octanol–water partition coefficient (Wildman–Crippen LogP) is 3.44. The monoisotopic (exact) mass is 397 g/mol. The van der Waals surface area contributed by atoms with E-state index in [9.17, 15) is 4.79 Å². The average Bonchev–Trinajstić information content (AvgIpc) is 3.19. The van der Waals surface area contributed by atoms with Crippen LogP contribution >= 0.6 is 0 Å². The van der Waals surface area contributed by atoms with Crippen LogP contribution in [0.2, 0.25) is 0 Å². The SMILES string of the molecule is CN1CCc2ccc(C(=O)Cc3cc4cc(-c5cnn(C)c5)ccc4nn3)cc2C1. The Morgan fingerprint density at radius 1 is 1.00 bits per heavy atom. The first-order chi connectivity index (χ1) is 14.5. The van der Waals surface area contributed by atoms with Gasteiger partial charge in [0.25, 0.3) is 0 Å². The number of ketones is 1. The van der Waals surface area contributed by atoms with Crippen LogP contribution in [0.15, 0.2) is 54.9 Å². The van der Waals surface area contributed by atoms with Gasteiger partial charge >= 0.3 is 0 Å². The smallest absolute Gasteiger partial charge is 0.168 e. The highest BCUT2D eigenvalue weighted by molar-refractivity contribution is 5.98. The number of benzene rings is 2. The summed E-state index contributed by atoms with van der Waals surface area (Å²) in [6.45, 7) is 1.96. The van der Waals surface area contributed by atoms with Crippen molar-refractivity contribution in [1.29, 1.82) is 0 Å². The van der Waals surface area contributed by atoms with E-state index in [2.05, 4.69) is 39.4 Å². The maximum atomic E-state index is 12.9. The maximum absolute atomic E-state index is 12.9. The number of fused-ring (bicyclic) bond motifs is 2. The van der Waals surface area contributed by atoms with Gasteiger partial charge in [-0.3, -0.25) is 9.48 Å². The number of rotatable bonds is 4. The third-order valence-corrected chi connectivity index (χ3v) is 5.75. The molecule has 2 aromatic heterocycles. The molecule has 0 fully saturated rings. The number of hydrogen-bond donors (Lipinski definition) is 0. The highest BCUT2D eigenvalue weighted by Crippen LogP contribution is 2.24. The average molecular weight is 397 g/mol. The van der Waals surface area contributed by atoms with Gasteiger partial charge in [-0.25, -0.2) is 0 Å². The van der Waals surface area contributed by atoms with Crippen molar-refractivity contribution in [2.45, 2.75) is 19.4 Å². The minimum atomic E-state index is 0.0723. The molecule has 4 aromatic rings. The van der Waals surface area contributed by atoms with Crippen molar-refractivity contribution in [1.82, 2.24) is 24.9 Å². The van der Waals surface area contributed by atoms with E-state index in [-0.39, 0.29) is 12.2 Å². The summed E-state index contributed by atoms with van der Waals surface area (Å²) in [5, 5.41) is 13.8. The van der Waals surface area contributed by atoms with E-state index in [0.29, 0.717) is 5.69 Å². The highest BCUT2D eigenvalue weighted by Gasteiger charge is 2.16. The largest absolute Gasteiger partial charge is 0.302 e. The second-order valence-electron chi connectivity index (χ2n) is 8.08. The number of nitrogens with zero attached hydrogens (tertiary/aromatic N) is 5. The van der Waals surface area contributed by atoms with Crippen molar-refractivity contribution in [2.75, 3.05) is 13.6 Å². The highest BCUT2D eigenvalue weighted by atomic mass is 16.1. The summed E-state index contributed by atoms with van der Waals surface area (Å²) in [6, 6.07) is 14.1. The number of likely N-dealkylation sites (N-methyl/N-ethyl adjacent to an activating group) is 1. The Labute approximate surface area is 175 Å². The van der Waals surface area contributed by atoms with E-state index in [4.69, 9.17) is 0 Å². The molecule has 5 rings (SSSR count). The normalized spacial score (nSPS) is 14.1. The van der Waals surface area contributed by atoms with Crippen LogP contribution in [-0.2, 0) is 26.4 Å². The lowest BCUT2D eigenvalue weighted by Gasteiger charge is -2.25. The van der Waals surface area contributed by atoms with E-state index < -0.39 is 0 Å². The molecule has 0 bridgehead atoms. The fourth-order valence-electron chi connectivity index (χ4n) is 4.06. The molecule has 0 saturated carbocycles. The molecule has 3 heterocycles. The lowest BCUT2D eigenvalue weighted by atomic mass is 9.95. The quantitative estimate of drug-likeness (QED) is 0.494. The van der Waals surface area contributed by atoms with Gasteiger partial charge in [-0.05, 0) is 54.4 Å². The van der Waals surface area contributed by atoms with Crippen LogP contribution < -0.4 is 0 Å². The molecule has 0 atom stereocenters. The minimum absolute atomic E-state index is 0.0723. The molecule has 0 amide bonds. The Morgan fingerprint density at radius 3 is 2.73 bits per heavy atom. The summed E-state index contributed by atoms with van der Waals surface area (Å²) in [4.78, 5) is 15.2. The Kier molecular flexibility index (Phi) is 4.64. The third kappa shape index (κ3) is 3.62. The summed E-state index contributed by atoms with van der Waals surface area (Å²) in [7, 11) is 4.01. The summed E-state index contributed by atoms with van der Waals surface area (Å²) in [5.74, 6) is 0.0723. The first kappa shape index (κ1) is 18.6. The zero-order chi connectivity index (χ0) is 20.7. The standard InChI is InChI=1S/C24H23N5O/c1-28-8-7-16-3-4-18(10-20(16)14-28)24(30)12-22-11-19-9-17(5-6-23(19)27-26-22)21-13-25-29(2)15-21/h3-6,9-11,13,15H,7-8,12,14H2,1-2H3. The Hall–Kier alpha value is -3.38. The molecule has 6 heteroatoms. The van der Waals surface area contributed by atoms with Gasteiger partial charge in [0.2, 0.25) is 0 Å². The first-order valence-corrected chi connectivity index (χ1v) is 10.1. The molecule has 0 unspecified atom stereocenters. The lowest BCUT2D eigenvalue weighted by Crippen LogP contribution is -2.26. The molecule has 150 valence electrons. The minimum Gasteiger partial charge on any atom is -0.302 e. The fourth-order valence-corrected chi connectivity index (χ4v) is 4.06. The van der Waals surface area contributed by atoms with Gasteiger partial charge < -0.3 is 4.90 Å². The summed E-state index contributed by atoms with van der Waals surface area (Å²) < 4.78 is 1.78. The van der Waals surface area contributed by atoms with Crippen molar-refractivity contribution in [3.8, 4) is 11.1 Å². The van der Waals surface area contributed by atoms with Gasteiger partial charge in [0, 0.05) is 42.8 Å². The first-order valence-electron chi connectivity index (χ1n) is 10.1. The van der Waals surface area contributed by atoms with Crippen molar-refractivity contribution in [2.24, 2.45) is 7.05 Å². The number of aryl methyl sites for hydroxylation is 1. The summed E-state index contributed by atoms with van der Waals surface area (Å²) in [6.07, 6.45) is 5.10. The van der Waals surface area contributed by atoms with Crippen LogP contribution in [0.1, 0.15) is 27.2 Å². The summed E-state index contributed by atoms with van der Waals surface area (Å²) in [5.41, 5.74) is 6.96. The molecule has 0 aliphatic carbocycles. The Bertz CT molecular complexity index is 1260. The molecule has 1 aliphatic rings. The van der Waals surface area contributed by atoms with Gasteiger partial charge in [-0.1, -0.05) is 18.2 Å². The van der Waals surface area contributed by atoms with Crippen molar-refractivity contribution in [3.05, 3.63) is 77.2 Å². The van der Waals surface area contributed by atoms with E-state index in [1.807, 2.05) is 49.8 Å². The fraction of sp³-hybridized carbons (Fsp3) is 0.250. The van der Waals surface area contributed by atoms with Crippen LogP contribution in [-0.4, -0.2) is 44.3 Å². The molecule has 6 nitrogen and oxygen atoms in total. The van der Waals surface area contributed by atoms with E-state index in [1.165, 1.54) is 11.1 Å². The Morgan fingerprint density at radius 2 is 1.90 bits per heavy atom. The molecular formula is C24H23N5O. The van der Waals surface area contributed by atoms with Gasteiger partial charge in [-0.2, -0.15) is 15.3 Å². The predicted molar refractivity (Wildman–Crippen MR) is 116 cm³/mol. The molecule has 0 radical (unpaired) electrons. The van der Waals surface area contributed by atoms with Gasteiger partial charge in [-0.15, -0.1) is 0 Å². The number of carbonyl (C=O) groups excluding carboxylic acids is 1. The molecule has 2 aromatic carbocycles. The Balaban J connectivity index is 1.41. The van der Waals surface area contributed by atoms with E-state index >= 15 is 0 Å². The van der Waals surface area contributed by atoms with Crippen LogP contribution in [0.5, 0.6) is 0 Å². The van der Waals surface area contributed by atoms with Crippen LogP contribution in [0, 0.1) is 0 Å². The summed E-state index contributed by atoms with van der Waals surface area (Å²) >= 11 is 0. The van der Waals surface area contributed by atoms with Gasteiger partial charge in [0.15, 0.2) is 5.78 Å². The molecule has 30 heavy (non-hydrogen) atoms. The van der Waals surface area contributed by atoms with Crippen molar-refractivity contribution in [3.63, 3.8) is 0 Å². The van der Waals surface area contributed by atoms with Crippen LogP contribution in [0.3, 0.4) is 0 Å². The van der Waals surface area contributed by atoms with Gasteiger partial charge in [0.05, 0.1) is 23.8 Å². The van der Waals surface area contributed by atoms with Crippen molar-refractivity contribution >= 4 is 16.7 Å². The second-order valence-corrected chi connectivity index (χ2v) is 8.08. The lowest BCUT2D eigenvalue weighted by molar-refractivity contribution is 0.0991. The molecule has 0 spiro atoms. The number of aromatic nitrogens is 4. The van der Waals surface area contributed by atoms with Crippen LogP contribution in [0.4, 0.5) is 0 Å². The van der Waals surface area contributed by atoms with E-state index in [0.717, 1.165) is 47.1 Å². The topological polar surface area (TPSA) is 63.9 Å². The zero-order valence-electron chi connectivity index (χ0n) is 17.2. The van der Waals surface area contributed by atoms with Crippen LogP contribution in [0.25, 0.3) is 22.0 Å². The number of hydrogen-bond acceptors (Lipinski definition) is 5. The number of Topliss-reactive ketones (excluding diaryl/α,β-unsaturated/α-hetero) is 1. The zero-order valence-corrected chi connectivity index (χ0v) is 17.2. The van der Waals surface area contributed by atoms with Gasteiger partial charge in [0.1, 0.15) is 0 Å². The van der Waals surface area contributed by atoms with E-state index in [1.54, 1.807) is 4.68 Å².